The number of hydrogen-bond donors (Lipinski definition) is 0. The lowest BCUT2D eigenvalue weighted by Gasteiger charge is -2.39. The van der Waals surface area contributed by atoms with Crippen LogP contribution >= 0.6 is 0 Å². The summed E-state index contributed by atoms with van der Waals surface area (Å²) in [7, 11) is 1.66. The number of ether oxygens (including phenoxy) is 1. The van der Waals surface area contributed by atoms with Crippen molar-refractivity contribution in [2.45, 2.75) is 46.1 Å². The molecule has 1 amide bonds. The van der Waals surface area contributed by atoms with Crippen LogP contribution in [0.3, 0.4) is 0 Å². The van der Waals surface area contributed by atoms with Crippen LogP contribution in [-0.2, 0) is 4.79 Å². The van der Waals surface area contributed by atoms with Gasteiger partial charge in [-0.15, -0.1) is 0 Å². The van der Waals surface area contributed by atoms with Gasteiger partial charge >= 0.3 is 0 Å². The first-order valence-electron chi connectivity index (χ1n) is 8.73. The van der Waals surface area contributed by atoms with Gasteiger partial charge in [-0.05, 0) is 43.0 Å². The van der Waals surface area contributed by atoms with Crippen LogP contribution in [0.25, 0.3) is 0 Å². The summed E-state index contributed by atoms with van der Waals surface area (Å²) in [6, 6.07) is 8.15. The molecule has 0 unspecified atom stereocenters. The first kappa shape index (κ1) is 17.8. The molecule has 4 heteroatoms. The van der Waals surface area contributed by atoms with Gasteiger partial charge in [0.15, 0.2) is 0 Å². The van der Waals surface area contributed by atoms with Gasteiger partial charge in [-0.1, -0.05) is 20.8 Å². The summed E-state index contributed by atoms with van der Waals surface area (Å²) in [5.41, 5.74) is 0.986. The second kappa shape index (κ2) is 8.34. The van der Waals surface area contributed by atoms with E-state index in [0.717, 1.165) is 43.9 Å². The first-order chi connectivity index (χ1) is 11.0. The molecule has 23 heavy (non-hydrogen) atoms. The molecule has 1 heterocycles. The molecule has 0 atom stereocenters. The molecule has 0 N–H and O–H groups in total. The maximum atomic E-state index is 12.5. The fourth-order valence-corrected chi connectivity index (χ4v) is 3.35. The smallest absolute Gasteiger partial charge is 0.226 e. The normalized spacial score (nSPS) is 16.6. The van der Waals surface area contributed by atoms with Crippen molar-refractivity contribution in [1.82, 2.24) is 4.90 Å². The second-order valence-electron chi connectivity index (χ2n) is 6.74. The van der Waals surface area contributed by atoms with Crippen molar-refractivity contribution in [2.24, 2.45) is 5.92 Å². The standard InChI is InChI=1S/C19H30N2O2/c1-5-19(22)21(16-6-8-18(23-4)9-7-16)17-10-12-20(13-11-17)14-15(2)3/h6-9,15,17H,5,10-14H2,1-4H3. The number of hydrogen-bond acceptors (Lipinski definition) is 3. The lowest BCUT2D eigenvalue weighted by atomic mass is 10.0. The van der Waals surface area contributed by atoms with Crippen LogP contribution in [-0.4, -0.2) is 43.6 Å². The number of anilines is 1. The summed E-state index contributed by atoms with van der Waals surface area (Å²) in [5, 5.41) is 0. The number of benzene rings is 1. The minimum absolute atomic E-state index is 0.206. The molecule has 1 aliphatic heterocycles. The lowest BCUT2D eigenvalue weighted by molar-refractivity contribution is -0.119. The highest BCUT2D eigenvalue weighted by Gasteiger charge is 2.28. The largest absolute Gasteiger partial charge is 0.497 e. The number of methoxy groups -OCH3 is 1. The number of likely N-dealkylation sites (tertiary alicyclic amines) is 1. The molecule has 128 valence electrons. The van der Waals surface area contributed by atoms with Crippen molar-refractivity contribution in [3.63, 3.8) is 0 Å². The fourth-order valence-electron chi connectivity index (χ4n) is 3.35. The molecule has 1 aliphatic rings. The van der Waals surface area contributed by atoms with E-state index in [1.165, 1.54) is 0 Å². The molecule has 0 bridgehead atoms. The van der Waals surface area contributed by atoms with E-state index in [1.54, 1.807) is 7.11 Å². The van der Waals surface area contributed by atoms with Crippen molar-refractivity contribution >= 4 is 11.6 Å². The Balaban J connectivity index is 2.08. The number of rotatable bonds is 6. The van der Waals surface area contributed by atoms with E-state index in [0.29, 0.717) is 18.4 Å². The molecule has 0 aromatic heterocycles. The molecule has 4 nitrogen and oxygen atoms in total. The molecule has 0 aliphatic carbocycles. The van der Waals surface area contributed by atoms with Gasteiger partial charge in [0.05, 0.1) is 7.11 Å². The van der Waals surface area contributed by atoms with Crippen molar-refractivity contribution < 1.29 is 9.53 Å². The van der Waals surface area contributed by atoms with Gasteiger partial charge in [0.25, 0.3) is 0 Å². The monoisotopic (exact) mass is 318 g/mol. The van der Waals surface area contributed by atoms with Crippen molar-refractivity contribution in [2.75, 3.05) is 31.6 Å². The van der Waals surface area contributed by atoms with Crippen LogP contribution in [0.2, 0.25) is 0 Å². The predicted molar refractivity (Wildman–Crippen MR) is 95.1 cm³/mol. The third-order valence-electron chi connectivity index (χ3n) is 4.47. The van der Waals surface area contributed by atoms with Crippen LogP contribution < -0.4 is 9.64 Å². The van der Waals surface area contributed by atoms with Crippen LogP contribution in [0.5, 0.6) is 5.75 Å². The summed E-state index contributed by atoms with van der Waals surface area (Å²) in [5.74, 6) is 1.73. The van der Waals surface area contributed by atoms with Crippen LogP contribution in [0.4, 0.5) is 5.69 Å². The summed E-state index contributed by atoms with van der Waals surface area (Å²) in [6.45, 7) is 9.76. The Morgan fingerprint density at radius 2 is 1.87 bits per heavy atom. The Bertz CT molecular complexity index is 491. The molecule has 0 radical (unpaired) electrons. The summed E-state index contributed by atoms with van der Waals surface area (Å²) in [4.78, 5) is 17.0. The SMILES string of the molecule is CCC(=O)N(c1ccc(OC)cc1)C1CCN(CC(C)C)CC1. The Labute approximate surface area is 140 Å². The van der Waals surface area contributed by atoms with Gasteiger partial charge in [-0.2, -0.15) is 0 Å². The molecule has 1 aromatic carbocycles. The Kier molecular flexibility index (Phi) is 6.46. The topological polar surface area (TPSA) is 32.8 Å². The van der Waals surface area contributed by atoms with Crippen molar-refractivity contribution in [3.8, 4) is 5.75 Å². The molecule has 2 rings (SSSR count). The van der Waals surface area contributed by atoms with Gasteiger partial charge in [-0.25, -0.2) is 0 Å². The quantitative estimate of drug-likeness (QED) is 0.804. The summed E-state index contributed by atoms with van der Waals surface area (Å²) in [6.07, 6.45) is 2.63. The number of nitrogens with zero attached hydrogens (tertiary/aromatic N) is 2. The average Bonchev–Trinajstić information content (AvgIpc) is 2.56. The van der Waals surface area contributed by atoms with Crippen molar-refractivity contribution in [3.05, 3.63) is 24.3 Å². The van der Waals surface area contributed by atoms with E-state index >= 15 is 0 Å². The van der Waals surface area contributed by atoms with E-state index in [1.807, 2.05) is 36.1 Å². The van der Waals surface area contributed by atoms with Gasteiger partial charge in [-0.3, -0.25) is 4.79 Å². The predicted octanol–water partition coefficient (Wildman–Crippen LogP) is 3.56. The molecule has 1 aromatic rings. The van der Waals surface area contributed by atoms with E-state index in [-0.39, 0.29) is 5.91 Å². The van der Waals surface area contributed by atoms with Crippen molar-refractivity contribution in [1.29, 1.82) is 0 Å². The molecule has 0 saturated carbocycles. The molecule has 1 fully saturated rings. The Hall–Kier alpha value is -1.55. The van der Waals surface area contributed by atoms with Crippen LogP contribution in [0.1, 0.15) is 40.0 Å². The highest BCUT2D eigenvalue weighted by atomic mass is 16.5. The Morgan fingerprint density at radius 1 is 1.26 bits per heavy atom. The highest BCUT2D eigenvalue weighted by molar-refractivity contribution is 5.93. The molecule has 0 spiro atoms. The van der Waals surface area contributed by atoms with Gasteiger partial charge in [0, 0.05) is 37.8 Å². The lowest BCUT2D eigenvalue weighted by Crippen LogP contribution is -2.48. The van der Waals surface area contributed by atoms with Gasteiger partial charge < -0.3 is 14.5 Å². The maximum Gasteiger partial charge on any atom is 0.226 e. The number of piperidine rings is 1. The number of carbonyl (C=O) groups is 1. The highest BCUT2D eigenvalue weighted by Crippen LogP contribution is 2.26. The Morgan fingerprint density at radius 3 is 2.35 bits per heavy atom. The zero-order chi connectivity index (χ0) is 16.8. The second-order valence-corrected chi connectivity index (χ2v) is 6.74. The van der Waals surface area contributed by atoms with Crippen LogP contribution in [0, 0.1) is 5.92 Å². The van der Waals surface area contributed by atoms with Gasteiger partial charge in [0.1, 0.15) is 5.75 Å². The minimum atomic E-state index is 0.206. The first-order valence-corrected chi connectivity index (χ1v) is 8.73. The summed E-state index contributed by atoms with van der Waals surface area (Å²) < 4.78 is 5.22. The molecule has 1 saturated heterocycles. The summed E-state index contributed by atoms with van der Waals surface area (Å²) >= 11 is 0. The number of amides is 1. The molecular formula is C19H30N2O2. The maximum absolute atomic E-state index is 12.5. The fraction of sp³-hybridized carbons (Fsp3) is 0.632. The van der Waals surface area contributed by atoms with E-state index < -0.39 is 0 Å². The van der Waals surface area contributed by atoms with Gasteiger partial charge in [0.2, 0.25) is 5.91 Å². The third-order valence-corrected chi connectivity index (χ3v) is 4.47. The van der Waals surface area contributed by atoms with Crippen LogP contribution in [0.15, 0.2) is 24.3 Å². The zero-order valence-electron chi connectivity index (χ0n) is 14.9. The van der Waals surface area contributed by atoms with E-state index in [2.05, 4.69) is 18.7 Å². The zero-order valence-corrected chi connectivity index (χ0v) is 14.9. The number of carbonyl (C=O) groups excluding carboxylic acids is 1. The average molecular weight is 318 g/mol. The van der Waals surface area contributed by atoms with E-state index in [4.69, 9.17) is 4.74 Å². The third kappa shape index (κ3) is 4.71. The molecular weight excluding hydrogens is 288 g/mol. The minimum Gasteiger partial charge on any atom is -0.497 e. The van der Waals surface area contributed by atoms with E-state index in [9.17, 15) is 4.79 Å².